The number of guanidine groups is 1. The second kappa shape index (κ2) is 10.1. The molecule has 2 aromatic rings. The van der Waals surface area contributed by atoms with Crippen molar-refractivity contribution in [3.63, 3.8) is 0 Å². The van der Waals surface area contributed by atoms with Crippen molar-refractivity contribution in [1.82, 2.24) is 15.4 Å². The van der Waals surface area contributed by atoms with Crippen LogP contribution in [-0.2, 0) is 23.0 Å². The highest BCUT2D eigenvalue weighted by Gasteiger charge is 2.19. The highest BCUT2D eigenvalue weighted by molar-refractivity contribution is 7.89. The van der Waals surface area contributed by atoms with Crippen molar-refractivity contribution in [2.45, 2.75) is 31.7 Å². The smallest absolute Gasteiger partial charge is 0.240 e. The summed E-state index contributed by atoms with van der Waals surface area (Å²) in [7, 11) is -0.351. The maximum Gasteiger partial charge on any atom is 0.240 e. The van der Waals surface area contributed by atoms with E-state index in [1.165, 1.54) is 12.6 Å². The molecule has 0 aromatic heterocycles. The van der Waals surface area contributed by atoms with Gasteiger partial charge in [0.1, 0.15) is 0 Å². The fourth-order valence-corrected chi connectivity index (χ4v) is 3.94. The van der Waals surface area contributed by atoms with Gasteiger partial charge in [-0.15, -0.1) is 0 Å². The van der Waals surface area contributed by atoms with E-state index in [1.54, 1.807) is 25.2 Å². The average Bonchev–Trinajstić information content (AvgIpc) is 2.68. The second-order valence-electron chi connectivity index (χ2n) is 7.61. The van der Waals surface area contributed by atoms with Crippen LogP contribution in [0.4, 0.5) is 0 Å². The van der Waals surface area contributed by atoms with Crippen molar-refractivity contribution in [2.24, 2.45) is 10.4 Å². The van der Waals surface area contributed by atoms with Gasteiger partial charge in [0.2, 0.25) is 10.0 Å². The summed E-state index contributed by atoms with van der Waals surface area (Å²) in [5, 5.41) is 7.32. The Kier molecular flexibility index (Phi) is 8.07. The zero-order chi connectivity index (χ0) is 21.5. The number of nitrogens with zero attached hydrogens (tertiary/aromatic N) is 1. The SMILES string of the molecule is CN=C(NCc1cccc(S(=O)(=O)NC)c1)NCC(C)(C)Cc1cccc(Cl)c1. The molecule has 29 heavy (non-hydrogen) atoms. The third-order valence-corrected chi connectivity index (χ3v) is 6.11. The molecule has 0 atom stereocenters. The fraction of sp³-hybridized carbons (Fsp3) is 0.381. The van der Waals surface area contributed by atoms with Gasteiger partial charge in [0.05, 0.1) is 4.90 Å². The lowest BCUT2D eigenvalue weighted by molar-refractivity contribution is 0.359. The second-order valence-corrected chi connectivity index (χ2v) is 9.93. The first-order chi connectivity index (χ1) is 13.6. The summed E-state index contributed by atoms with van der Waals surface area (Å²) in [5.74, 6) is 0.658. The third-order valence-electron chi connectivity index (χ3n) is 4.47. The first-order valence-electron chi connectivity index (χ1n) is 9.37. The average molecular weight is 437 g/mol. The van der Waals surface area contributed by atoms with E-state index in [1.807, 2.05) is 24.3 Å². The summed E-state index contributed by atoms with van der Waals surface area (Å²) in [6.45, 7) is 5.54. The Morgan fingerprint density at radius 3 is 2.41 bits per heavy atom. The summed E-state index contributed by atoms with van der Waals surface area (Å²) in [5.41, 5.74) is 2.03. The number of rotatable bonds is 8. The number of hydrogen-bond donors (Lipinski definition) is 3. The van der Waals surface area contributed by atoms with E-state index in [4.69, 9.17) is 11.6 Å². The van der Waals surface area contributed by atoms with Crippen molar-refractivity contribution >= 4 is 27.6 Å². The molecule has 0 saturated heterocycles. The number of halogens is 1. The molecule has 2 aromatic carbocycles. The van der Waals surface area contributed by atoms with E-state index < -0.39 is 10.0 Å². The lowest BCUT2D eigenvalue weighted by Crippen LogP contribution is -2.42. The van der Waals surface area contributed by atoms with Gasteiger partial charge in [-0.1, -0.05) is 49.7 Å². The summed E-state index contributed by atoms with van der Waals surface area (Å²) in [6, 6.07) is 14.7. The highest BCUT2D eigenvalue weighted by atomic mass is 35.5. The minimum absolute atomic E-state index is 0.0108. The predicted octanol–water partition coefficient (Wildman–Crippen LogP) is 3.18. The largest absolute Gasteiger partial charge is 0.356 e. The standard InChI is InChI=1S/C21H29ClN4O2S/c1-21(2,13-16-7-5-9-18(22)11-16)15-26-20(23-3)25-14-17-8-6-10-19(12-17)29(27,28)24-4/h5-12,24H,13-15H2,1-4H3,(H2,23,25,26). The van der Waals surface area contributed by atoms with Crippen LogP contribution in [0.5, 0.6) is 0 Å². The van der Waals surface area contributed by atoms with Crippen molar-refractivity contribution in [3.8, 4) is 0 Å². The molecule has 158 valence electrons. The zero-order valence-electron chi connectivity index (χ0n) is 17.3. The number of hydrogen-bond acceptors (Lipinski definition) is 3. The number of nitrogens with one attached hydrogen (secondary N) is 3. The van der Waals surface area contributed by atoms with Crippen LogP contribution in [0, 0.1) is 5.41 Å². The molecule has 0 aliphatic carbocycles. The molecule has 0 heterocycles. The van der Waals surface area contributed by atoms with E-state index in [0.29, 0.717) is 19.0 Å². The molecule has 6 nitrogen and oxygen atoms in total. The molecule has 0 fully saturated rings. The summed E-state index contributed by atoms with van der Waals surface area (Å²) < 4.78 is 26.2. The van der Waals surface area contributed by atoms with Gasteiger partial charge in [-0.25, -0.2) is 13.1 Å². The monoisotopic (exact) mass is 436 g/mol. The number of sulfonamides is 1. The normalized spacial score (nSPS) is 12.7. The molecule has 0 bridgehead atoms. The Labute approximate surface area is 178 Å². The van der Waals surface area contributed by atoms with E-state index in [2.05, 4.69) is 40.3 Å². The minimum atomic E-state index is -3.46. The molecule has 0 amide bonds. The Balaban J connectivity index is 1.93. The van der Waals surface area contributed by atoms with Gasteiger partial charge < -0.3 is 10.6 Å². The molecule has 0 aliphatic heterocycles. The highest BCUT2D eigenvalue weighted by Crippen LogP contribution is 2.22. The molecule has 0 saturated carbocycles. The predicted molar refractivity (Wildman–Crippen MR) is 120 cm³/mol. The molecule has 0 unspecified atom stereocenters. The Morgan fingerprint density at radius 1 is 1.07 bits per heavy atom. The van der Waals surface area contributed by atoms with E-state index in [9.17, 15) is 8.42 Å². The molecule has 0 spiro atoms. The Bertz CT molecular complexity index is 959. The van der Waals surface area contributed by atoms with Gasteiger partial charge in [0.25, 0.3) is 0 Å². The van der Waals surface area contributed by atoms with Crippen molar-refractivity contribution in [3.05, 3.63) is 64.7 Å². The van der Waals surface area contributed by atoms with Crippen LogP contribution in [0.2, 0.25) is 5.02 Å². The van der Waals surface area contributed by atoms with Crippen LogP contribution in [0.15, 0.2) is 58.4 Å². The quantitative estimate of drug-likeness (QED) is 0.438. The first-order valence-corrected chi connectivity index (χ1v) is 11.2. The Hall–Kier alpha value is -2.09. The molecule has 3 N–H and O–H groups in total. The first kappa shape index (κ1) is 23.2. The molecular weight excluding hydrogens is 408 g/mol. The third kappa shape index (κ3) is 7.34. The van der Waals surface area contributed by atoms with Crippen LogP contribution in [0.3, 0.4) is 0 Å². The molecule has 8 heteroatoms. The molecule has 2 rings (SSSR count). The molecular formula is C21H29ClN4O2S. The van der Waals surface area contributed by atoms with E-state index in [-0.39, 0.29) is 10.3 Å². The van der Waals surface area contributed by atoms with Gasteiger partial charge >= 0.3 is 0 Å². The Morgan fingerprint density at radius 2 is 1.76 bits per heavy atom. The molecule has 0 radical (unpaired) electrons. The van der Waals surface area contributed by atoms with Gasteiger partial charge in [-0.3, -0.25) is 4.99 Å². The van der Waals surface area contributed by atoms with Crippen molar-refractivity contribution in [2.75, 3.05) is 20.6 Å². The summed E-state index contributed by atoms with van der Waals surface area (Å²) >= 11 is 6.09. The van der Waals surface area contributed by atoms with Crippen LogP contribution in [-0.4, -0.2) is 35.0 Å². The van der Waals surface area contributed by atoms with Crippen LogP contribution >= 0.6 is 11.6 Å². The van der Waals surface area contributed by atoms with Gasteiger partial charge in [0.15, 0.2) is 5.96 Å². The van der Waals surface area contributed by atoms with Crippen LogP contribution in [0.25, 0.3) is 0 Å². The minimum Gasteiger partial charge on any atom is -0.356 e. The van der Waals surface area contributed by atoms with E-state index >= 15 is 0 Å². The maximum atomic E-state index is 12.0. The lowest BCUT2D eigenvalue weighted by atomic mass is 9.86. The number of benzene rings is 2. The maximum absolute atomic E-state index is 12.0. The lowest BCUT2D eigenvalue weighted by Gasteiger charge is -2.26. The van der Waals surface area contributed by atoms with E-state index in [0.717, 1.165) is 17.0 Å². The van der Waals surface area contributed by atoms with Gasteiger partial charge in [0, 0.05) is 25.2 Å². The van der Waals surface area contributed by atoms with Gasteiger partial charge in [-0.05, 0) is 54.3 Å². The zero-order valence-corrected chi connectivity index (χ0v) is 18.9. The van der Waals surface area contributed by atoms with Crippen molar-refractivity contribution < 1.29 is 8.42 Å². The van der Waals surface area contributed by atoms with Crippen LogP contribution < -0.4 is 15.4 Å². The van der Waals surface area contributed by atoms with Gasteiger partial charge in [-0.2, -0.15) is 0 Å². The summed E-state index contributed by atoms with van der Waals surface area (Å²) in [6.07, 6.45) is 0.876. The summed E-state index contributed by atoms with van der Waals surface area (Å²) in [4.78, 5) is 4.50. The number of aliphatic imine (C=N–C) groups is 1. The van der Waals surface area contributed by atoms with Crippen molar-refractivity contribution in [1.29, 1.82) is 0 Å². The molecule has 0 aliphatic rings. The van der Waals surface area contributed by atoms with Crippen LogP contribution in [0.1, 0.15) is 25.0 Å². The topological polar surface area (TPSA) is 82.6 Å². The fourth-order valence-electron chi connectivity index (χ4n) is 2.93.